The van der Waals surface area contributed by atoms with Gasteiger partial charge in [0.15, 0.2) is 0 Å². The van der Waals surface area contributed by atoms with Crippen LogP contribution >= 0.6 is 23.2 Å². The molecule has 0 aliphatic carbocycles. The lowest BCUT2D eigenvalue weighted by Gasteiger charge is -2.32. The fourth-order valence-electron chi connectivity index (χ4n) is 3.79. The molecule has 0 radical (unpaired) electrons. The van der Waals surface area contributed by atoms with E-state index in [4.69, 9.17) is 23.2 Å². The molecule has 2 aromatic rings. The first-order valence-corrected chi connectivity index (χ1v) is 14.6. The highest BCUT2D eigenvalue weighted by molar-refractivity contribution is 7.92. The van der Waals surface area contributed by atoms with Gasteiger partial charge in [0, 0.05) is 41.7 Å². The molecule has 7 nitrogen and oxygen atoms in total. The van der Waals surface area contributed by atoms with Crippen LogP contribution in [0.15, 0.2) is 48.5 Å². The normalized spacial score (nSPS) is 12.3. The fraction of sp³-hybridized carbons (Fsp3) is 0.462. The standard InChI is InChI=1S/C26H35Cl2N3O4S/c1-5-24(26(33)29-17-19(2)3)30(18-21-22(27)13-9-14-23(21)28)25(32)15-10-16-31(36(4,34)35)20-11-7-6-8-12-20/h6-9,11-14,19,24H,5,10,15-18H2,1-4H3,(H,29,33)/t24-/m1/s1. The molecule has 0 aromatic heterocycles. The molecular formula is C26H35Cl2N3O4S. The van der Waals surface area contributed by atoms with Gasteiger partial charge in [-0.2, -0.15) is 0 Å². The summed E-state index contributed by atoms with van der Waals surface area (Å²) < 4.78 is 26.0. The molecule has 2 amide bonds. The first-order valence-electron chi connectivity index (χ1n) is 12.0. The van der Waals surface area contributed by atoms with Crippen molar-refractivity contribution in [2.24, 2.45) is 5.92 Å². The summed E-state index contributed by atoms with van der Waals surface area (Å²) >= 11 is 12.8. The molecule has 0 aliphatic rings. The second-order valence-corrected chi connectivity index (χ2v) is 11.8. The van der Waals surface area contributed by atoms with Gasteiger partial charge in [0.2, 0.25) is 21.8 Å². The monoisotopic (exact) mass is 555 g/mol. The molecule has 0 aliphatic heterocycles. The van der Waals surface area contributed by atoms with E-state index in [1.807, 2.05) is 20.8 Å². The Bertz CT molecular complexity index is 1110. The minimum Gasteiger partial charge on any atom is -0.354 e. The zero-order chi connectivity index (χ0) is 26.9. The second-order valence-electron chi connectivity index (χ2n) is 9.06. The van der Waals surface area contributed by atoms with Crippen LogP contribution in [0.25, 0.3) is 0 Å². The van der Waals surface area contributed by atoms with Crippen LogP contribution in [-0.4, -0.2) is 50.5 Å². The predicted octanol–water partition coefficient (Wildman–Crippen LogP) is 5.12. The van der Waals surface area contributed by atoms with E-state index in [0.29, 0.717) is 34.3 Å². The summed E-state index contributed by atoms with van der Waals surface area (Å²) in [4.78, 5) is 28.0. The molecule has 10 heteroatoms. The summed E-state index contributed by atoms with van der Waals surface area (Å²) in [7, 11) is -3.54. The van der Waals surface area contributed by atoms with Gasteiger partial charge in [0.05, 0.1) is 11.9 Å². The number of nitrogens with zero attached hydrogens (tertiary/aromatic N) is 2. The average molecular weight is 557 g/mol. The van der Waals surface area contributed by atoms with E-state index in [2.05, 4.69) is 5.32 Å². The molecule has 198 valence electrons. The molecular weight excluding hydrogens is 521 g/mol. The number of anilines is 1. The van der Waals surface area contributed by atoms with Gasteiger partial charge in [-0.15, -0.1) is 0 Å². The van der Waals surface area contributed by atoms with Crippen LogP contribution in [0.3, 0.4) is 0 Å². The Hall–Kier alpha value is -2.29. The van der Waals surface area contributed by atoms with Gasteiger partial charge >= 0.3 is 0 Å². The van der Waals surface area contributed by atoms with Gasteiger partial charge in [-0.05, 0) is 43.0 Å². The Labute approximate surface area is 224 Å². The van der Waals surface area contributed by atoms with Gasteiger partial charge in [-0.1, -0.05) is 68.2 Å². The number of carbonyl (C=O) groups is 2. The van der Waals surface area contributed by atoms with Gasteiger partial charge in [0.1, 0.15) is 6.04 Å². The van der Waals surface area contributed by atoms with Gasteiger partial charge in [-0.3, -0.25) is 13.9 Å². The van der Waals surface area contributed by atoms with E-state index in [9.17, 15) is 18.0 Å². The quantitative estimate of drug-likeness (QED) is 0.371. The van der Waals surface area contributed by atoms with Crippen molar-refractivity contribution < 1.29 is 18.0 Å². The molecule has 0 heterocycles. The average Bonchev–Trinajstić information content (AvgIpc) is 2.81. The lowest BCUT2D eigenvalue weighted by atomic mass is 10.1. The SMILES string of the molecule is CC[C@H](C(=O)NCC(C)C)N(Cc1c(Cl)cccc1Cl)C(=O)CCCN(c1ccccc1)S(C)(=O)=O. The fourth-order valence-corrected chi connectivity index (χ4v) is 5.28. The van der Waals surface area contributed by atoms with Gasteiger partial charge in [0.25, 0.3) is 0 Å². The van der Waals surface area contributed by atoms with Gasteiger partial charge in [-0.25, -0.2) is 8.42 Å². The smallest absolute Gasteiger partial charge is 0.242 e. The van der Waals surface area contributed by atoms with Crippen molar-refractivity contribution in [3.05, 3.63) is 64.1 Å². The number of para-hydroxylation sites is 1. The van der Waals surface area contributed by atoms with E-state index in [1.54, 1.807) is 48.5 Å². The lowest BCUT2D eigenvalue weighted by molar-refractivity contribution is -0.141. The van der Waals surface area contributed by atoms with Crippen LogP contribution in [0.1, 0.15) is 45.6 Å². The van der Waals surface area contributed by atoms with E-state index in [-0.39, 0.29) is 43.7 Å². The molecule has 36 heavy (non-hydrogen) atoms. The minimum atomic E-state index is -3.54. The maximum Gasteiger partial charge on any atom is 0.242 e. The molecule has 0 spiro atoms. The van der Waals surface area contributed by atoms with Crippen LogP contribution in [0.2, 0.25) is 10.0 Å². The Balaban J connectivity index is 2.25. The Morgan fingerprint density at radius 3 is 2.14 bits per heavy atom. The van der Waals surface area contributed by atoms with Crippen molar-refractivity contribution in [3.8, 4) is 0 Å². The molecule has 2 rings (SSSR count). The van der Waals surface area contributed by atoms with Crippen LogP contribution in [0.4, 0.5) is 5.69 Å². The number of halogens is 2. The number of sulfonamides is 1. The van der Waals surface area contributed by atoms with Crippen molar-refractivity contribution in [2.75, 3.05) is 23.7 Å². The molecule has 0 saturated carbocycles. The number of amides is 2. The van der Waals surface area contributed by atoms with E-state index in [0.717, 1.165) is 6.26 Å². The number of hydrogen-bond acceptors (Lipinski definition) is 4. The molecule has 2 aromatic carbocycles. The summed E-state index contributed by atoms with van der Waals surface area (Å²) in [5.74, 6) is -0.266. The highest BCUT2D eigenvalue weighted by Crippen LogP contribution is 2.27. The second kappa shape index (κ2) is 13.9. The van der Waals surface area contributed by atoms with Crippen molar-refractivity contribution >= 4 is 50.7 Å². The number of benzene rings is 2. The third-order valence-electron chi connectivity index (χ3n) is 5.66. The molecule has 1 N–H and O–H groups in total. The summed E-state index contributed by atoms with van der Waals surface area (Å²) in [5.41, 5.74) is 1.10. The number of rotatable bonds is 13. The maximum atomic E-state index is 13.5. The summed E-state index contributed by atoms with van der Waals surface area (Å²) in [6, 6.07) is 13.1. The highest BCUT2D eigenvalue weighted by Gasteiger charge is 2.30. The third kappa shape index (κ3) is 8.68. The molecule has 0 unspecified atom stereocenters. The third-order valence-corrected chi connectivity index (χ3v) is 7.56. The Kier molecular flexibility index (Phi) is 11.5. The zero-order valence-electron chi connectivity index (χ0n) is 21.2. The first kappa shape index (κ1) is 29.9. The minimum absolute atomic E-state index is 0.0505. The van der Waals surface area contributed by atoms with E-state index >= 15 is 0 Å². The van der Waals surface area contributed by atoms with Crippen molar-refractivity contribution in [1.82, 2.24) is 10.2 Å². The molecule has 0 bridgehead atoms. The summed E-state index contributed by atoms with van der Waals surface area (Å²) in [5, 5.41) is 3.73. The van der Waals surface area contributed by atoms with Crippen LogP contribution in [0.5, 0.6) is 0 Å². The van der Waals surface area contributed by atoms with Crippen LogP contribution in [0, 0.1) is 5.92 Å². The molecule has 1 atom stereocenters. The van der Waals surface area contributed by atoms with E-state index < -0.39 is 16.1 Å². The highest BCUT2D eigenvalue weighted by atomic mass is 35.5. The van der Waals surface area contributed by atoms with Crippen molar-refractivity contribution in [3.63, 3.8) is 0 Å². The largest absolute Gasteiger partial charge is 0.354 e. The summed E-state index contributed by atoms with van der Waals surface area (Å²) in [6.45, 7) is 6.52. The summed E-state index contributed by atoms with van der Waals surface area (Å²) in [6.07, 6.45) is 1.86. The first-order chi connectivity index (χ1) is 17.0. The van der Waals surface area contributed by atoms with E-state index in [1.165, 1.54) is 9.21 Å². The Morgan fingerprint density at radius 1 is 1.00 bits per heavy atom. The predicted molar refractivity (Wildman–Crippen MR) is 147 cm³/mol. The number of hydrogen-bond donors (Lipinski definition) is 1. The zero-order valence-corrected chi connectivity index (χ0v) is 23.5. The number of carbonyl (C=O) groups excluding carboxylic acids is 2. The van der Waals surface area contributed by atoms with Crippen LogP contribution in [-0.2, 0) is 26.2 Å². The van der Waals surface area contributed by atoms with Crippen LogP contribution < -0.4 is 9.62 Å². The number of nitrogens with one attached hydrogen (secondary N) is 1. The van der Waals surface area contributed by atoms with Crippen molar-refractivity contribution in [2.45, 2.75) is 52.6 Å². The lowest BCUT2D eigenvalue weighted by Crippen LogP contribution is -2.49. The maximum absolute atomic E-state index is 13.5. The van der Waals surface area contributed by atoms with Gasteiger partial charge < -0.3 is 10.2 Å². The Morgan fingerprint density at radius 2 is 1.61 bits per heavy atom. The molecule has 0 saturated heterocycles. The molecule has 0 fully saturated rings. The van der Waals surface area contributed by atoms with Crippen molar-refractivity contribution in [1.29, 1.82) is 0 Å². The topological polar surface area (TPSA) is 86.8 Å².